The number of hydrogen-bond donors (Lipinski definition) is 1. The second-order valence-electron chi connectivity index (χ2n) is 4.74. The zero-order valence-electron chi connectivity index (χ0n) is 10.0. The first kappa shape index (κ1) is 11.1. The summed E-state index contributed by atoms with van der Waals surface area (Å²) in [4.78, 5) is 2.25. The van der Waals surface area contributed by atoms with Crippen LogP contribution >= 0.6 is 0 Å². The van der Waals surface area contributed by atoms with Crippen LogP contribution < -0.4 is 4.90 Å². The summed E-state index contributed by atoms with van der Waals surface area (Å²) in [5, 5.41) is 20.3. The van der Waals surface area contributed by atoms with E-state index in [0.717, 1.165) is 29.5 Å². The molecule has 0 atom stereocenters. The number of aliphatic hydroxyl groups is 1. The molecule has 1 aliphatic heterocycles. The maximum atomic E-state index is 9.12. The molecule has 0 unspecified atom stereocenters. The maximum Gasteiger partial charge on any atom is 0.0998 e. The van der Waals surface area contributed by atoms with Crippen LogP contribution in [0.25, 0.3) is 10.8 Å². The van der Waals surface area contributed by atoms with Crippen molar-refractivity contribution in [2.24, 2.45) is 5.92 Å². The van der Waals surface area contributed by atoms with Gasteiger partial charge in [-0.3, -0.25) is 0 Å². The van der Waals surface area contributed by atoms with Gasteiger partial charge >= 0.3 is 0 Å². The summed E-state index contributed by atoms with van der Waals surface area (Å²) in [6.45, 7) is 2.05. The first-order chi connectivity index (χ1) is 8.83. The van der Waals surface area contributed by atoms with Crippen molar-refractivity contribution in [3.8, 4) is 6.07 Å². The molecule has 1 fully saturated rings. The first-order valence-electron chi connectivity index (χ1n) is 6.11. The van der Waals surface area contributed by atoms with Gasteiger partial charge in [0.05, 0.1) is 11.6 Å². The number of aliphatic hydroxyl groups excluding tert-OH is 1. The Morgan fingerprint density at radius 1 is 1.17 bits per heavy atom. The van der Waals surface area contributed by atoms with E-state index >= 15 is 0 Å². The van der Waals surface area contributed by atoms with Crippen molar-refractivity contribution in [2.45, 2.75) is 0 Å². The van der Waals surface area contributed by atoms with Gasteiger partial charge in [-0.15, -0.1) is 0 Å². The van der Waals surface area contributed by atoms with Gasteiger partial charge in [0.2, 0.25) is 0 Å². The predicted octanol–water partition coefficient (Wildman–Crippen LogP) is 2.14. The van der Waals surface area contributed by atoms with Gasteiger partial charge in [0.15, 0.2) is 0 Å². The molecule has 2 aromatic rings. The van der Waals surface area contributed by atoms with E-state index in [4.69, 9.17) is 10.4 Å². The molecule has 0 saturated carbocycles. The molecule has 1 N–H and O–H groups in total. The Morgan fingerprint density at radius 2 is 1.89 bits per heavy atom. The van der Waals surface area contributed by atoms with Gasteiger partial charge < -0.3 is 10.0 Å². The highest BCUT2D eigenvalue weighted by molar-refractivity contribution is 5.98. The fraction of sp³-hybridized carbons (Fsp3) is 0.267. The molecule has 90 valence electrons. The van der Waals surface area contributed by atoms with Crippen LogP contribution in [0.2, 0.25) is 0 Å². The minimum Gasteiger partial charge on any atom is -0.396 e. The average molecular weight is 238 g/mol. The van der Waals surface area contributed by atoms with Crippen molar-refractivity contribution >= 4 is 16.5 Å². The third-order valence-electron chi connectivity index (χ3n) is 3.58. The number of nitrogens with zero attached hydrogens (tertiary/aromatic N) is 2. The van der Waals surface area contributed by atoms with Crippen LogP contribution in [0, 0.1) is 17.2 Å². The molecule has 1 heterocycles. The summed E-state index contributed by atoms with van der Waals surface area (Å²) in [5.74, 6) is 0.388. The number of rotatable bonds is 2. The van der Waals surface area contributed by atoms with Crippen molar-refractivity contribution in [3.63, 3.8) is 0 Å². The van der Waals surface area contributed by atoms with Gasteiger partial charge in [0.25, 0.3) is 0 Å². The van der Waals surface area contributed by atoms with E-state index in [-0.39, 0.29) is 6.61 Å². The van der Waals surface area contributed by atoms with Crippen molar-refractivity contribution < 1.29 is 5.11 Å². The minimum absolute atomic E-state index is 0.255. The van der Waals surface area contributed by atoms with E-state index in [1.54, 1.807) is 0 Å². The van der Waals surface area contributed by atoms with E-state index in [2.05, 4.69) is 17.0 Å². The number of hydrogen-bond acceptors (Lipinski definition) is 3. The lowest BCUT2D eigenvalue weighted by atomic mass is 9.97. The Balaban J connectivity index is 2.07. The van der Waals surface area contributed by atoms with Crippen LogP contribution in [0.3, 0.4) is 0 Å². The molecule has 3 nitrogen and oxygen atoms in total. The smallest absolute Gasteiger partial charge is 0.0998 e. The fourth-order valence-corrected chi connectivity index (χ4v) is 2.54. The second-order valence-corrected chi connectivity index (χ2v) is 4.74. The van der Waals surface area contributed by atoms with Crippen molar-refractivity contribution in [1.82, 2.24) is 0 Å². The summed E-state index contributed by atoms with van der Waals surface area (Å²) in [7, 11) is 0. The van der Waals surface area contributed by atoms with Gasteiger partial charge in [-0.05, 0) is 12.1 Å². The molecule has 0 aromatic heterocycles. The molecule has 18 heavy (non-hydrogen) atoms. The van der Waals surface area contributed by atoms with E-state index in [9.17, 15) is 0 Å². The lowest BCUT2D eigenvalue weighted by molar-refractivity contribution is 0.201. The Kier molecular flexibility index (Phi) is 2.66. The van der Waals surface area contributed by atoms with Gasteiger partial charge in [0.1, 0.15) is 0 Å². The average Bonchev–Trinajstić information content (AvgIpc) is 2.37. The third-order valence-corrected chi connectivity index (χ3v) is 3.58. The van der Waals surface area contributed by atoms with Gasteiger partial charge in [-0.1, -0.05) is 24.3 Å². The zero-order chi connectivity index (χ0) is 12.5. The Hall–Kier alpha value is -2.05. The number of fused-ring (bicyclic) bond motifs is 1. The highest BCUT2D eigenvalue weighted by atomic mass is 16.3. The molecule has 1 saturated heterocycles. The van der Waals surface area contributed by atoms with Crippen LogP contribution in [-0.4, -0.2) is 24.8 Å². The molecule has 0 spiro atoms. The number of nitriles is 1. The standard InChI is InChI=1S/C15H14N2O/c16-7-12-5-6-15(17-8-11(9-17)10-18)14-4-2-1-3-13(12)14/h1-6,11,18H,8-10H2. The summed E-state index contributed by atoms with van der Waals surface area (Å²) < 4.78 is 0. The highest BCUT2D eigenvalue weighted by Crippen LogP contribution is 2.33. The second kappa shape index (κ2) is 4.32. The first-order valence-corrected chi connectivity index (χ1v) is 6.11. The molecule has 0 radical (unpaired) electrons. The predicted molar refractivity (Wildman–Crippen MR) is 71.5 cm³/mol. The molecular weight excluding hydrogens is 224 g/mol. The summed E-state index contributed by atoms with van der Waals surface area (Å²) in [5.41, 5.74) is 1.88. The lowest BCUT2D eigenvalue weighted by Gasteiger charge is -2.40. The lowest BCUT2D eigenvalue weighted by Crippen LogP contribution is -2.48. The molecule has 0 amide bonds. The Morgan fingerprint density at radius 3 is 2.56 bits per heavy atom. The quantitative estimate of drug-likeness (QED) is 0.872. The van der Waals surface area contributed by atoms with Gasteiger partial charge in [-0.25, -0.2) is 0 Å². The van der Waals surface area contributed by atoms with Crippen LogP contribution in [0.1, 0.15) is 5.56 Å². The number of anilines is 1. The minimum atomic E-state index is 0.255. The van der Waals surface area contributed by atoms with E-state index in [1.165, 1.54) is 0 Å². The van der Waals surface area contributed by atoms with E-state index in [1.807, 2.05) is 30.3 Å². The van der Waals surface area contributed by atoms with Crippen LogP contribution in [0.5, 0.6) is 0 Å². The molecule has 3 heteroatoms. The summed E-state index contributed by atoms with van der Waals surface area (Å²) in [6, 6.07) is 14.1. The van der Waals surface area contributed by atoms with Gasteiger partial charge in [-0.2, -0.15) is 5.26 Å². The van der Waals surface area contributed by atoms with E-state index < -0.39 is 0 Å². The van der Waals surface area contributed by atoms with Gasteiger partial charge in [0, 0.05) is 42.1 Å². The molecule has 2 aromatic carbocycles. The molecule has 1 aliphatic rings. The fourth-order valence-electron chi connectivity index (χ4n) is 2.54. The monoisotopic (exact) mass is 238 g/mol. The number of benzene rings is 2. The van der Waals surface area contributed by atoms with Crippen LogP contribution in [0.4, 0.5) is 5.69 Å². The SMILES string of the molecule is N#Cc1ccc(N2CC(CO)C2)c2ccccc12. The van der Waals surface area contributed by atoms with Crippen LogP contribution in [0.15, 0.2) is 36.4 Å². The van der Waals surface area contributed by atoms with E-state index in [0.29, 0.717) is 11.5 Å². The summed E-state index contributed by atoms with van der Waals surface area (Å²) in [6.07, 6.45) is 0. The Bertz CT molecular complexity index is 624. The molecule has 0 aliphatic carbocycles. The molecule has 0 bridgehead atoms. The highest BCUT2D eigenvalue weighted by Gasteiger charge is 2.27. The van der Waals surface area contributed by atoms with Crippen molar-refractivity contribution in [2.75, 3.05) is 24.6 Å². The largest absolute Gasteiger partial charge is 0.396 e. The maximum absolute atomic E-state index is 9.12. The molecule has 3 rings (SSSR count). The van der Waals surface area contributed by atoms with Crippen molar-refractivity contribution in [3.05, 3.63) is 42.0 Å². The summed E-state index contributed by atoms with van der Waals surface area (Å²) >= 11 is 0. The Labute approximate surface area is 106 Å². The molecular formula is C15H14N2O. The normalized spacial score (nSPS) is 15.4. The third kappa shape index (κ3) is 1.62. The van der Waals surface area contributed by atoms with Crippen molar-refractivity contribution in [1.29, 1.82) is 5.26 Å². The zero-order valence-corrected chi connectivity index (χ0v) is 10.0. The topological polar surface area (TPSA) is 47.3 Å². The van der Waals surface area contributed by atoms with Crippen LogP contribution in [-0.2, 0) is 0 Å².